The first kappa shape index (κ1) is 9.16. The summed E-state index contributed by atoms with van der Waals surface area (Å²) in [6, 6.07) is 1.39. The predicted octanol–water partition coefficient (Wildman–Crippen LogP) is 1.95. The number of rotatable bonds is 2. The molecule has 4 heteroatoms. The third-order valence-corrected chi connectivity index (χ3v) is 4.22. The molecule has 3 heterocycles. The second-order valence-electron chi connectivity index (χ2n) is 5.57. The summed E-state index contributed by atoms with van der Waals surface area (Å²) in [6.45, 7) is 0. The number of fused-ring (bicyclic) bond motifs is 2. The number of nitrogens with zero attached hydrogens (tertiary/aromatic N) is 2. The summed E-state index contributed by atoms with van der Waals surface area (Å²) in [5.74, 6) is 2.98. The molecule has 1 aromatic heterocycles. The quantitative estimate of drug-likeness (QED) is 0.826. The molecule has 1 aromatic rings. The van der Waals surface area contributed by atoms with Gasteiger partial charge in [0, 0.05) is 23.9 Å². The Kier molecular flexibility index (Phi) is 1.89. The van der Waals surface area contributed by atoms with Crippen LogP contribution in [0.25, 0.3) is 0 Å². The first-order valence-corrected chi connectivity index (χ1v) is 6.48. The van der Waals surface area contributed by atoms with E-state index in [1.807, 2.05) is 0 Å². The first-order valence-electron chi connectivity index (χ1n) is 6.48. The summed E-state index contributed by atoms with van der Waals surface area (Å²) in [4.78, 5) is 4.59. The van der Waals surface area contributed by atoms with Crippen molar-refractivity contribution in [3.63, 3.8) is 0 Å². The fourth-order valence-corrected chi connectivity index (χ4v) is 3.18. The van der Waals surface area contributed by atoms with Gasteiger partial charge in [-0.1, -0.05) is 5.16 Å². The molecule has 1 aliphatic carbocycles. The van der Waals surface area contributed by atoms with Crippen LogP contribution in [0.4, 0.5) is 0 Å². The smallest absolute Gasteiger partial charge is 0.229 e. The fourth-order valence-electron chi connectivity index (χ4n) is 3.18. The van der Waals surface area contributed by atoms with Crippen molar-refractivity contribution in [2.45, 2.75) is 62.4 Å². The zero-order valence-corrected chi connectivity index (χ0v) is 9.35. The Morgan fingerprint density at radius 1 is 1.00 bits per heavy atom. The van der Waals surface area contributed by atoms with Gasteiger partial charge in [-0.15, -0.1) is 0 Å². The minimum atomic E-state index is 0.513. The van der Waals surface area contributed by atoms with Gasteiger partial charge in [0.15, 0.2) is 5.82 Å². The number of hydrogen-bond acceptors (Lipinski definition) is 4. The van der Waals surface area contributed by atoms with Gasteiger partial charge in [0.1, 0.15) is 0 Å². The SMILES string of the molecule is C1CC2CC(c3nc(C4CC4)no3)CC1N2. The molecule has 4 rings (SSSR count). The highest BCUT2D eigenvalue weighted by atomic mass is 16.5. The minimum absolute atomic E-state index is 0.513. The van der Waals surface area contributed by atoms with Crippen LogP contribution in [-0.2, 0) is 0 Å². The molecule has 2 atom stereocenters. The Bertz CT molecular complexity index is 387. The maximum atomic E-state index is 5.44. The standard InChI is InChI=1S/C12H17N3O/c1-2-7(1)11-14-12(16-15-11)8-5-9-3-4-10(6-8)13-9/h7-10,13H,1-6H2. The molecule has 3 aliphatic rings. The molecule has 2 bridgehead atoms. The molecule has 1 N–H and O–H groups in total. The zero-order chi connectivity index (χ0) is 10.5. The number of piperidine rings is 1. The largest absolute Gasteiger partial charge is 0.339 e. The van der Waals surface area contributed by atoms with Crippen molar-refractivity contribution in [2.24, 2.45) is 0 Å². The van der Waals surface area contributed by atoms with Crippen LogP contribution in [0.15, 0.2) is 4.52 Å². The van der Waals surface area contributed by atoms with E-state index < -0.39 is 0 Å². The molecule has 3 fully saturated rings. The van der Waals surface area contributed by atoms with Crippen molar-refractivity contribution >= 4 is 0 Å². The fraction of sp³-hybridized carbons (Fsp3) is 0.833. The maximum absolute atomic E-state index is 5.44. The second kappa shape index (κ2) is 3.29. The molecule has 86 valence electrons. The molecular weight excluding hydrogens is 202 g/mol. The van der Waals surface area contributed by atoms with Gasteiger partial charge in [-0.2, -0.15) is 4.98 Å². The van der Waals surface area contributed by atoms with Crippen LogP contribution < -0.4 is 5.32 Å². The van der Waals surface area contributed by atoms with Crippen LogP contribution in [0.3, 0.4) is 0 Å². The van der Waals surface area contributed by atoms with Crippen molar-refractivity contribution in [1.29, 1.82) is 0 Å². The lowest BCUT2D eigenvalue weighted by Gasteiger charge is -2.26. The van der Waals surface area contributed by atoms with E-state index in [1.54, 1.807) is 0 Å². The average Bonchev–Trinajstić information content (AvgIpc) is 2.94. The molecule has 0 aromatic carbocycles. The Labute approximate surface area is 94.8 Å². The highest BCUT2D eigenvalue weighted by Crippen LogP contribution is 2.40. The van der Waals surface area contributed by atoms with Gasteiger partial charge in [0.05, 0.1) is 0 Å². The molecule has 2 unspecified atom stereocenters. The predicted molar refractivity (Wildman–Crippen MR) is 58.2 cm³/mol. The lowest BCUT2D eigenvalue weighted by Crippen LogP contribution is -2.37. The zero-order valence-electron chi connectivity index (χ0n) is 9.35. The van der Waals surface area contributed by atoms with Gasteiger partial charge >= 0.3 is 0 Å². The Morgan fingerprint density at radius 2 is 1.75 bits per heavy atom. The monoisotopic (exact) mass is 219 g/mol. The van der Waals surface area contributed by atoms with E-state index in [2.05, 4.69) is 15.5 Å². The second-order valence-corrected chi connectivity index (χ2v) is 5.57. The van der Waals surface area contributed by atoms with Crippen LogP contribution in [-0.4, -0.2) is 22.2 Å². The summed E-state index contributed by atoms with van der Waals surface area (Å²) >= 11 is 0. The van der Waals surface area contributed by atoms with Crippen molar-refractivity contribution in [2.75, 3.05) is 0 Å². The van der Waals surface area contributed by atoms with Gasteiger partial charge in [0.25, 0.3) is 0 Å². The Morgan fingerprint density at radius 3 is 2.44 bits per heavy atom. The van der Waals surface area contributed by atoms with Crippen LogP contribution in [0.2, 0.25) is 0 Å². The average molecular weight is 219 g/mol. The molecule has 0 spiro atoms. The van der Waals surface area contributed by atoms with E-state index >= 15 is 0 Å². The highest BCUT2D eigenvalue weighted by Gasteiger charge is 2.37. The molecule has 16 heavy (non-hydrogen) atoms. The molecule has 0 amide bonds. The van der Waals surface area contributed by atoms with Crippen LogP contribution in [0, 0.1) is 0 Å². The van der Waals surface area contributed by atoms with Crippen molar-refractivity contribution < 1.29 is 4.52 Å². The van der Waals surface area contributed by atoms with Crippen molar-refractivity contribution in [3.05, 3.63) is 11.7 Å². The van der Waals surface area contributed by atoms with Crippen molar-refractivity contribution in [1.82, 2.24) is 15.5 Å². The van der Waals surface area contributed by atoms with Crippen LogP contribution >= 0.6 is 0 Å². The van der Waals surface area contributed by atoms with Gasteiger partial charge < -0.3 is 9.84 Å². The Balaban J connectivity index is 1.55. The summed E-state index contributed by atoms with van der Waals surface area (Å²) < 4.78 is 5.44. The lowest BCUT2D eigenvalue weighted by atomic mass is 9.92. The summed E-state index contributed by atoms with van der Waals surface area (Å²) in [5.41, 5.74) is 0. The Hall–Kier alpha value is -0.900. The maximum Gasteiger partial charge on any atom is 0.229 e. The van der Waals surface area contributed by atoms with E-state index in [0.717, 1.165) is 11.7 Å². The molecule has 2 saturated heterocycles. The van der Waals surface area contributed by atoms with Gasteiger partial charge in [-0.3, -0.25) is 0 Å². The lowest BCUT2D eigenvalue weighted by molar-refractivity contribution is 0.285. The highest BCUT2D eigenvalue weighted by molar-refractivity contribution is 5.08. The molecule has 1 saturated carbocycles. The van der Waals surface area contributed by atoms with Gasteiger partial charge in [-0.05, 0) is 38.5 Å². The van der Waals surface area contributed by atoms with E-state index in [4.69, 9.17) is 4.52 Å². The van der Waals surface area contributed by atoms with Crippen LogP contribution in [0.5, 0.6) is 0 Å². The third-order valence-electron chi connectivity index (χ3n) is 4.22. The number of hydrogen-bond donors (Lipinski definition) is 1. The molecule has 2 aliphatic heterocycles. The van der Waals surface area contributed by atoms with Gasteiger partial charge in [-0.25, -0.2) is 0 Å². The number of nitrogens with one attached hydrogen (secondary N) is 1. The summed E-state index contributed by atoms with van der Waals surface area (Å²) in [5, 5.41) is 7.76. The summed E-state index contributed by atoms with van der Waals surface area (Å²) in [6.07, 6.45) is 7.51. The van der Waals surface area contributed by atoms with E-state index in [9.17, 15) is 0 Å². The van der Waals surface area contributed by atoms with E-state index in [-0.39, 0.29) is 0 Å². The third kappa shape index (κ3) is 1.47. The topological polar surface area (TPSA) is 51.0 Å². The van der Waals surface area contributed by atoms with Crippen LogP contribution in [0.1, 0.15) is 62.1 Å². The van der Waals surface area contributed by atoms with Crippen molar-refractivity contribution in [3.8, 4) is 0 Å². The normalized spacial score (nSPS) is 37.9. The molecule has 4 nitrogen and oxygen atoms in total. The van der Waals surface area contributed by atoms with E-state index in [0.29, 0.717) is 23.9 Å². The van der Waals surface area contributed by atoms with E-state index in [1.165, 1.54) is 38.5 Å². The number of aromatic nitrogens is 2. The van der Waals surface area contributed by atoms with Gasteiger partial charge in [0.2, 0.25) is 5.89 Å². The molecule has 0 radical (unpaired) electrons. The summed E-state index contributed by atoms with van der Waals surface area (Å²) in [7, 11) is 0. The molecular formula is C12H17N3O. The first-order chi connectivity index (χ1) is 7.88. The minimum Gasteiger partial charge on any atom is -0.339 e.